The zero-order valence-corrected chi connectivity index (χ0v) is 22.3. The van der Waals surface area contributed by atoms with Gasteiger partial charge in [-0.2, -0.15) is 5.26 Å². The Morgan fingerprint density at radius 3 is 2.52 bits per heavy atom. The summed E-state index contributed by atoms with van der Waals surface area (Å²) in [5, 5.41) is 12.3. The van der Waals surface area contributed by atoms with Crippen LogP contribution in [0.3, 0.4) is 0 Å². The number of urea groups is 1. The zero-order valence-electron chi connectivity index (χ0n) is 22.3. The fourth-order valence-corrected chi connectivity index (χ4v) is 5.38. The smallest absolute Gasteiger partial charge is 0.324 e. The summed E-state index contributed by atoms with van der Waals surface area (Å²) in [5.41, 5.74) is 0.373. The molecular formula is C29H29F3N6O2. The van der Waals surface area contributed by atoms with E-state index in [1.54, 1.807) is 0 Å². The maximum Gasteiger partial charge on any atom is 0.324 e. The van der Waals surface area contributed by atoms with Crippen LogP contribution in [0.4, 0.5) is 18.0 Å². The summed E-state index contributed by atoms with van der Waals surface area (Å²) in [6.07, 6.45) is 3.02. The number of piperidine rings is 1. The van der Waals surface area contributed by atoms with Crippen molar-refractivity contribution in [2.45, 2.75) is 30.8 Å². The van der Waals surface area contributed by atoms with Crippen LogP contribution in [0.2, 0.25) is 0 Å². The second-order valence-corrected chi connectivity index (χ2v) is 10.1. The van der Waals surface area contributed by atoms with E-state index in [9.17, 15) is 28.0 Å². The molecule has 4 rings (SSSR count). The fourth-order valence-electron chi connectivity index (χ4n) is 5.38. The predicted molar refractivity (Wildman–Crippen MR) is 141 cm³/mol. The van der Waals surface area contributed by atoms with Gasteiger partial charge in [-0.1, -0.05) is 6.07 Å². The molecule has 1 saturated heterocycles. The number of amides is 3. The summed E-state index contributed by atoms with van der Waals surface area (Å²) in [7, 11) is 3.01. The van der Waals surface area contributed by atoms with Gasteiger partial charge in [-0.05, 0) is 48.9 Å². The molecule has 0 bridgehead atoms. The maximum atomic E-state index is 14.0. The number of benzene rings is 2. The van der Waals surface area contributed by atoms with Gasteiger partial charge in [-0.25, -0.2) is 24.5 Å². The molecule has 8 nitrogen and oxygen atoms in total. The largest absolute Gasteiger partial charge is 0.352 e. The van der Waals surface area contributed by atoms with E-state index in [4.69, 9.17) is 6.57 Å². The number of rotatable bonds is 7. The first-order valence-corrected chi connectivity index (χ1v) is 12.9. The van der Waals surface area contributed by atoms with Gasteiger partial charge in [-0.3, -0.25) is 4.79 Å². The Hall–Kier alpha value is -4.35. The molecule has 1 unspecified atom stereocenters. The highest BCUT2D eigenvalue weighted by Gasteiger charge is 2.44. The van der Waals surface area contributed by atoms with Crippen LogP contribution in [-0.2, 0) is 10.3 Å². The molecule has 0 spiro atoms. The minimum absolute atomic E-state index is 0.184. The summed E-state index contributed by atoms with van der Waals surface area (Å²) >= 11 is 0. The molecule has 0 radical (unpaired) electrons. The zero-order chi connectivity index (χ0) is 29.0. The number of likely N-dealkylation sites (N-methyl/N-ethyl adjacent to an activating group) is 1. The Bertz CT molecular complexity index is 1420. The molecule has 2 aromatic rings. The van der Waals surface area contributed by atoms with Crippen LogP contribution in [0.5, 0.6) is 0 Å². The monoisotopic (exact) mass is 550 g/mol. The Balaban J connectivity index is 1.35. The van der Waals surface area contributed by atoms with E-state index < -0.39 is 41.0 Å². The van der Waals surface area contributed by atoms with Gasteiger partial charge in [0.05, 0.1) is 28.8 Å². The predicted octanol–water partition coefficient (Wildman–Crippen LogP) is 4.31. The highest BCUT2D eigenvalue weighted by molar-refractivity contribution is 5.97. The van der Waals surface area contributed by atoms with Crippen molar-refractivity contribution in [1.29, 1.82) is 5.26 Å². The number of likely N-dealkylation sites (tertiary alicyclic amines) is 1. The van der Waals surface area contributed by atoms with Gasteiger partial charge < -0.3 is 24.9 Å². The minimum Gasteiger partial charge on any atom is -0.352 e. The van der Waals surface area contributed by atoms with Crippen LogP contribution in [0.1, 0.15) is 42.0 Å². The maximum absolute atomic E-state index is 14.0. The Morgan fingerprint density at radius 2 is 1.88 bits per heavy atom. The van der Waals surface area contributed by atoms with Crippen LogP contribution >= 0.6 is 0 Å². The Labute approximate surface area is 231 Å². The van der Waals surface area contributed by atoms with Crippen LogP contribution in [0, 0.1) is 35.4 Å². The summed E-state index contributed by atoms with van der Waals surface area (Å²) in [6.45, 7) is 10.0. The van der Waals surface area contributed by atoms with E-state index in [0.29, 0.717) is 51.0 Å². The number of hydrogen-bond acceptors (Lipinski definition) is 4. The van der Waals surface area contributed by atoms with Gasteiger partial charge in [0, 0.05) is 52.8 Å². The summed E-state index contributed by atoms with van der Waals surface area (Å²) in [5.74, 6) is -3.02. The molecule has 0 aromatic heterocycles. The lowest BCUT2D eigenvalue weighted by Gasteiger charge is -2.37. The highest BCUT2D eigenvalue weighted by Crippen LogP contribution is 2.39. The molecule has 2 aromatic carbocycles. The third-order valence-electron chi connectivity index (χ3n) is 7.58. The van der Waals surface area contributed by atoms with Gasteiger partial charge in [0.2, 0.25) is 0 Å². The number of nitrogens with one attached hydrogen (secondary N) is 1. The van der Waals surface area contributed by atoms with Gasteiger partial charge in [0.15, 0.2) is 11.6 Å². The molecule has 2 aliphatic heterocycles. The lowest BCUT2D eigenvalue weighted by Crippen LogP contribution is -2.46. The van der Waals surface area contributed by atoms with Crippen LogP contribution in [0.25, 0.3) is 4.85 Å². The third kappa shape index (κ3) is 5.65. The first-order chi connectivity index (χ1) is 19.1. The van der Waals surface area contributed by atoms with E-state index in [-0.39, 0.29) is 16.7 Å². The molecular weight excluding hydrogens is 521 g/mol. The fraction of sp³-hybridized carbons (Fsp3) is 0.379. The highest BCUT2D eigenvalue weighted by atomic mass is 19.2. The van der Waals surface area contributed by atoms with E-state index in [1.807, 2.05) is 6.07 Å². The summed E-state index contributed by atoms with van der Waals surface area (Å²) in [4.78, 5) is 34.3. The second-order valence-electron chi connectivity index (χ2n) is 10.1. The average molecular weight is 551 g/mol. The number of nitriles is 1. The van der Waals surface area contributed by atoms with Crippen molar-refractivity contribution in [1.82, 2.24) is 20.0 Å². The Morgan fingerprint density at radius 1 is 1.15 bits per heavy atom. The van der Waals surface area contributed by atoms with Crippen molar-refractivity contribution in [3.05, 3.63) is 93.7 Å². The number of hydrogen-bond donors (Lipinski definition) is 1. The summed E-state index contributed by atoms with van der Waals surface area (Å²) in [6, 6.07) is 8.02. The van der Waals surface area contributed by atoms with E-state index in [0.717, 1.165) is 12.1 Å². The average Bonchev–Trinajstić information content (AvgIpc) is 2.95. The van der Waals surface area contributed by atoms with Crippen molar-refractivity contribution in [2.24, 2.45) is 0 Å². The third-order valence-corrected chi connectivity index (χ3v) is 7.58. The molecule has 3 amide bonds. The molecule has 11 heteroatoms. The minimum atomic E-state index is -1.07. The van der Waals surface area contributed by atoms with Gasteiger partial charge in [-0.15, -0.1) is 0 Å². The van der Waals surface area contributed by atoms with E-state index in [1.165, 1.54) is 54.4 Å². The molecule has 0 aliphatic carbocycles. The van der Waals surface area contributed by atoms with Crippen molar-refractivity contribution < 1.29 is 22.8 Å². The van der Waals surface area contributed by atoms with Crippen molar-refractivity contribution in [2.75, 3.05) is 40.3 Å². The number of halogens is 3. The van der Waals surface area contributed by atoms with E-state index >= 15 is 0 Å². The quantitative estimate of drug-likeness (QED) is 0.411. The van der Waals surface area contributed by atoms with Crippen molar-refractivity contribution in [3.63, 3.8) is 0 Å². The van der Waals surface area contributed by atoms with E-state index in [2.05, 4.69) is 15.1 Å². The first kappa shape index (κ1) is 28.7. The molecule has 1 N–H and O–H groups in total. The van der Waals surface area contributed by atoms with Crippen LogP contribution in [-0.4, -0.2) is 66.9 Å². The molecule has 0 saturated carbocycles. The molecule has 1 fully saturated rings. The van der Waals surface area contributed by atoms with Gasteiger partial charge in [0.1, 0.15) is 5.82 Å². The Kier molecular flexibility index (Phi) is 8.46. The number of carbonyl (C=O) groups is 2. The normalized spacial score (nSPS) is 19.0. The SMILES string of the molecule is [C-]#[N+]C1(c2ccc(F)cc2C#N)CCN(CCCNC(=O)C2=CN(C)C(=O)N(C)C2c2ccc(F)c(F)c2)CC1. The first-order valence-electron chi connectivity index (χ1n) is 12.9. The molecule has 2 heterocycles. The molecule has 40 heavy (non-hydrogen) atoms. The lowest BCUT2D eigenvalue weighted by atomic mass is 9.79. The standard InChI is InChI=1S/C29H29F3N6O2/c1-34-29(23-7-6-21(30)15-20(23)17-33)9-13-38(14-10-29)12-4-11-35-27(39)22-18-36(2)28(40)37(3)26(22)19-5-8-24(31)25(32)16-19/h5-8,15-16,18,26H,4,9-14H2,2-3H3,(H,35,39). The number of nitrogens with zero attached hydrogens (tertiary/aromatic N) is 5. The second kappa shape index (κ2) is 11.8. The van der Waals surface area contributed by atoms with Crippen LogP contribution < -0.4 is 5.32 Å². The molecule has 208 valence electrons. The van der Waals surface area contributed by atoms with Crippen LogP contribution in [0.15, 0.2) is 48.2 Å². The topological polar surface area (TPSA) is 84.0 Å². The van der Waals surface area contributed by atoms with Crippen molar-refractivity contribution >= 4 is 11.9 Å². The molecule has 1 atom stereocenters. The van der Waals surface area contributed by atoms with Gasteiger partial charge in [0.25, 0.3) is 11.4 Å². The summed E-state index contributed by atoms with van der Waals surface area (Å²) < 4.78 is 41.1. The number of carbonyl (C=O) groups excluding carboxylic acids is 2. The molecule has 2 aliphatic rings. The lowest BCUT2D eigenvalue weighted by molar-refractivity contribution is -0.118. The van der Waals surface area contributed by atoms with Crippen molar-refractivity contribution in [3.8, 4) is 6.07 Å². The van der Waals surface area contributed by atoms with Gasteiger partial charge >= 0.3 is 6.03 Å².